The third-order valence-corrected chi connectivity index (χ3v) is 3.23. The van der Waals surface area contributed by atoms with Crippen LogP contribution in [0.5, 0.6) is 0 Å². The van der Waals surface area contributed by atoms with Crippen molar-refractivity contribution < 1.29 is 9.59 Å². The summed E-state index contributed by atoms with van der Waals surface area (Å²) in [6.45, 7) is 7.11. The predicted octanol–water partition coefficient (Wildman–Crippen LogP) is 2.27. The van der Waals surface area contributed by atoms with Gasteiger partial charge in [-0.15, -0.1) is 12.4 Å². The number of halogens is 1. The number of nitrogens with one attached hydrogen (secondary N) is 1. The van der Waals surface area contributed by atoms with Crippen molar-refractivity contribution in [3.8, 4) is 0 Å². The summed E-state index contributed by atoms with van der Waals surface area (Å²) in [5.74, 6) is -0.214. The highest BCUT2D eigenvalue weighted by Crippen LogP contribution is 2.12. The fourth-order valence-electron chi connectivity index (χ4n) is 1.81. The van der Waals surface area contributed by atoms with Gasteiger partial charge in [-0.25, -0.2) is 0 Å². The van der Waals surface area contributed by atoms with Gasteiger partial charge in [0.15, 0.2) is 0 Å². The first-order valence-electron chi connectivity index (χ1n) is 6.99. The van der Waals surface area contributed by atoms with Crippen LogP contribution in [0.4, 0.5) is 5.69 Å². The van der Waals surface area contributed by atoms with Crippen LogP contribution in [0.1, 0.15) is 37.6 Å². The second-order valence-electron chi connectivity index (χ2n) is 4.56. The van der Waals surface area contributed by atoms with E-state index in [4.69, 9.17) is 5.73 Å². The Bertz CT molecular complexity index is 458. The molecule has 2 amide bonds. The Labute approximate surface area is 132 Å². The predicted molar refractivity (Wildman–Crippen MR) is 87.8 cm³/mol. The number of hydrogen-bond acceptors (Lipinski definition) is 3. The van der Waals surface area contributed by atoms with Crippen molar-refractivity contribution in [2.75, 3.05) is 18.4 Å². The van der Waals surface area contributed by atoms with Crippen LogP contribution in [0.2, 0.25) is 0 Å². The topological polar surface area (TPSA) is 75.4 Å². The van der Waals surface area contributed by atoms with Crippen molar-refractivity contribution in [1.82, 2.24) is 4.90 Å². The first kappa shape index (κ1) is 19.4. The summed E-state index contributed by atoms with van der Waals surface area (Å²) < 4.78 is 0. The molecule has 1 atom stereocenters. The van der Waals surface area contributed by atoms with Crippen molar-refractivity contribution >= 4 is 29.9 Å². The van der Waals surface area contributed by atoms with E-state index in [0.29, 0.717) is 30.8 Å². The molecule has 0 unspecified atom stereocenters. The second kappa shape index (κ2) is 9.37. The van der Waals surface area contributed by atoms with E-state index in [1.165, 1.54) is 0 Å². The lowest BCUT2D eigenvalue weighted by atomic mass is 10.1. The Hall–Kier alpha value is -1.59. The van der Waals surface area contributed by atoms with Gasteiger partial charge in [0.05, 0.1) is 6.04 Å². The molecule has 118 valence electrons. The van der Waals surface area contributed by atoms with E-state index >= 15 is 0 Å². The number of anilines is 1. The summed E-state index contributed by atoms with van der Waals surface area (Å²) in [7, 11) is 0. The Morgan fingerprint density at radius 1 is 1.14 bits per heavy atom. The van der Waals surface area contributed by atoms with Gasteiger partial charge in [0.2, 0.25) is 5.91 Å². The molecule has 0 fully saturated rings. The molecule has 0 aliphatic carbocycles. The smallest absolute Gasteiger partial charge is 0.253 e. The summed E-state index contributed by atoms with van der Waals surface area (Å²) in [5.41, 5.74) is 6.91. The molecule has 1 rings (SSSR count). The molecule has 0 saturated carbocycles. The van der Waals surface area contributed by atoms with Gasteiger partial charge < -0.3 is 16.0 Å². The van der Waals surface area contributed by atoms with Crippen LogP contribution in [0.15, 0.2) is 24.3 Å². The van der Waals surface area contributed by atoms with Crippen molar-refractivity contribution in [3.63, 3.8) is 0 Å². The highest BCUT2D eigenvalue weighted by Gasteiger charge is 2.13. The van der Waals surface area contributed by atoms with Gasteiger partial charge in [-0.1, -0.05) is 6.92 Å². The number of carbonyl (C=O) groups excluding carboxylic acids is 2. The highest BCUT2D eigenvalue weighted by atomic mass is 35.5. The molecule has 0 aliphatic heterocycles. The monoisotopic (exact) mass is 313 g/mol. The minimum atomic E-state index is -0.507. The minimum Gasteiger partial charge on any atom is -0.339 e. The molecule has 6 heteroatoms. The zero-order chi connectivity index (χ0) is 15.1. The van der Waals surface area contributed by atoms with Crippen molar-refractivity contribution in [1.29, 1.82) is 0 Å². The van der Waals surface area contributed by atoms with Crippen molar-refractivity contribution in [3.05, 3.63) is 29.8 Å². The summed E-state index contributed by atoms with van der Waals surface area (Å²) in [4.78, 5) is 25.5. The first-order chi connectivity index (χ1) is 9.53. The van der Waals surface area contributed by atoms with Crippen molar-refractivity contribution in [2.24, 2.45) is 5.73 Å². The molecular weight excluding hydrogens is 290 g/mol. The van der Waals surface area contributed by atoms with Crippen LogP contribution in [0.3, 0.4) is 0 Å². The SMILES string of the molecule is CC[C@H](N)C(=O)Nc1ccc(C(=O)N(CC)CC)cc1.Cl. The largest absolute Gasteiger partial charge is 0.339 e. The van der Waals surface area contributed by atoms with Crippen LogP contribution in [0.25, 0.3) is 0 Å². The average molecular weight is 314 g/mol. The minimum absolute atomic E-state index is 0. The molecule has 0 aliphatic rings. The van der Waals surface area contributed by atoms with Crippen molar-refractivity contribution in [2.45, 2.75) is 33.2 Å². The van der Waals surface area contributed by atoms with Gasteiger partial charge in [0.1, 0.15) is 0 Å². The molecular formula is C15H24ClN3O2. The number of hydrogen-bond donors (Lipinski definition) is 2. The number of rotatable bonds is 6. The number of benzene rings is 1. The summed E-state index contributed by atoms with van der Waals surface area (Å²) in [6, 6.07) is 6.36. The fourth-order valence-corrected chi connectivity index (χ4v) is 1.81. The molecule has 0 saturated heterocycles. The lowest BCUT2D eigenvalue weighted by Crippen LogP contribution is -2.34. The molecule has 21 heavy (non-hydrogen) atoms. The Balaban J connectivity index is 0.00000400. The molecule has 1 aromatic rings. The van der Waals surface area contributed by atoms with Crippen LogP contribution in [0, 0.1) is 0 Å². The van der Waals surface area contributed by atoms with Gasteiger partial charge in [0.25, 0.3) is 5.91 Å². The van der Waals surface area contributed by atoms with Gasteiger partial charge in [-0.2, -0.15) is 0 Å². The van der Waals surface area contributed by atoms with Crippen LogP contribution in [-0.4, -0.2) is 35.8 Å². The van der Waals surface area contributed by atoms with Crippen LogP contribution >= 0.6 is 12.4 Å². The van der Waals surface area contributed by atoms with E-state index in [2.05, 4.69) is 5.32 Å². The molecule has 5 nitrogen and oxygen atoms in total. The molecule has 0 radical (unpaired) electrons. The highest BCUT2D eigenvalue weighted by molar-refractivity contribution is 5.97. The molecule has 0 heterocycles. The maximum absolute atomic E-state index is 12.1. The van der Waals surface area contributed by atoms with Crippen LogP contribution in [-0.2, 0) is 4.79 Å². The Morgan fingerprint density at radius 3 is 2.10 bits per heavy atom. The Morgan fingerprint density at radius 2 is 1.67 bits per heavy atom. The number of nitrogens with zero attached hydrogens (tertiary/aromatic N) is 1. The summed E-state index contributed by atoms with van der Waals surface area (Å²) in [6.07, 6.45) is 0.588. The summed E-state index contributed by atoms with van der Waals surface area (Å²) >= 11 is 0. The third kappa shape index (κ3) is 5.36. The molecule has 3 N–H and O–H groups in total. The average Bonchev–Trinajstić information content (AvgIpc) is 2.48. The van der Waals surface area contributed by atoms with E-state index in [9.17, 15) is 9.59 Å². The second-order valence-corrected chi connectivity index (χ2v) is 4.56. The maximum Gasteiger partial charge on any atom is 0.253 e. The van der Waals surface area contributed by atoms with E-state index < -0.39 is 6.04 Å². The number of amides is 2. The van der Waals surface area contributed by atoms with Gasteiger partial charge >= 0.3 is 0 Å². The van der Waals surface area contributed by atoms with E-state index in [1.54, 1.807) is 29.2 Å². The number of carbonyl (C=O) groups is 2. The Kier molecular flexibility index (Phi) is 8.66. The van der Waals surface area contributed by atoms with Gasteiger partial charge in [-0.3, -0.25) is 9.59 Å². The zero-order valence-corrected chi connectivity index (χ0v) is 13.6. The lowest BCUT2D eigenvalue weighted by Gasteiger charge is -2.18. The normalized spacial score (nSPS) is 11.2. The third-order valence-electron chi connectivity index (χ3n) is 3.23. The summed E-state index contributed by atoms with van der Waals surface area (Å²) in [5, 5.41) is 2.73. The first-order valence-corrected chi connectivity index (χ1v) is 6.99. The molecule has 0 spiro atoms. The van der Waals surface area contributed by atoms with E-state index in [1.807, 2.05) is 20.8 Å². The quantitative estimate of drug-likeness (QED) is 0.846. The molecule has 1 aromatic carbocycles. The van der Waals surface area contributed by atoms with E-state index in [-0.39, 0.29) is 24.2 Å². The number of nitrogens with two attached hydrogens (primary N) is 1. The zero-order valence-electron chi connectivity index (χ0n) is 12.8. The lowest BCUT2D eigenvalue weighted by molar-refractivity contribution is -0.117. The maximum atomic E-state index is 12.1. The fraction of sp³-hybridized carbons (Fsp3) is 0.467. The van der Waals surface area contributed by atoms with E-state index in [0.717, 1.165) is 0 Å². The molecule has 0 bridgehead atoms. The molecule has 0 aromatic heterocycles. The van der Waals surface area contributed by atoms with Gasteiger partial charge in [-0.05, 0) is 44.5 Å². The van der Waals surface area contributed by atoms with Crippen LogP contribution < -0.4 is 11.1 Å². The van der Waals surface area contributed by atoms with Gasteiger partial charge in [0, 0.05) is 24.3 Å². The standard InChI is InChI=1S/C15H23N3O2.ClH/c1-4-13(16)14(19)17-12-9-7-11(8-10-12)15(20)18(5-2)6-3;/h7-10,13H,4-6,16H2,1-3H3,(H,17,19);1H/t13-;/m0./s1.